The standard InChI is InChI=1S/C18H26N4O2/c23-17(16-11-19-5-6-20-16)22-9-4-18(14-22)2-7-21(8-3-18)12-15-1-10-24-13-15/h5-6,11,15H,1-4,7-10,12-14H2. The van der Waals surface area contributed by atoms with Gasteiger partial charge in [0.05, 0.1) is 12.8 Å². The molecule has 0 aliphatic carbocycles. The first-order valence-corrected chi connectivity index (χ1v) is 9.10. The highest BCUT2D eigenvalue weighted by Crippen LogP contribution is 2.40. The third kappa shape index (κ3) is 3.30. The molecule has 1 atom stereocenters. The van der Waals surface area contributed by atoms with E-state index in [-0.39, 0.29) is 5.91 Å². The van der Waals surface area contributed by atoms with E-state index in [9.17, 15) is 4.79 Å². The SMILES string of the molecule is O=C(c1cnccn1)N1CCC2(CCN(CC3CCOC3)CC2)C1. The lowest BCUT2D eigenvalue weighted by molar-refractivity contribution is 0.0692. The second-order valence-corrected chi connectivity index (χ2v) is 7.60. The van der Waals surface area contributed by atoms with E-state index in [1.54, 1.807) is 18.6 Å². The highest BCUT2D eigenvalue weighted by Gasteiger charge is 2.42. The average molecular weight is 330 g/mol. The number of ether oxygens (including phenoxy) is 1. The molecule has 3 aliphatic rings. The molecule has 0 saturated carbocycles. The number of piperidine rings is 1. The molecule has 3 saturated heterocycles. The van der Waals surface area contributed by atoms with Crippen LogP contribution in [0.5, 0.6) is 0 Å². The molecule has 130 valence electrons. The number of aromatic nitrogens is 2. The van der Waals surface area contributed by atoms with Gasteiger partial charge in [0.25, 0.3) is 5.91 Å². The monoisotopic (exact) mass is 330 g/mol. The van der Waals surface area contributed by atoms with Gasteiger partial charge in [-0.3, -0.25) is 9.78 Å². The van der Waals surface area contributed by atoms with Gasteiger partial charge < -0.3 is 14.5 Å². The lowest BCUT2D eigenvalue weighted by Crippen LogP contribution is -2.44. The number of nitrogens with zero attached hydrogens (tertiary/aromatic N) is 4. The summed E-state index contributed by atoms with van der Waals surface area (Å²) < 4.78 is 5.49. The Morgan fingerprint density at radius 3 is 2.79 bits per heavy atom. The molecular weight excluding hydrogens is 304 g/mol. The van der Waals surface area contributed by atoms with Crippen molar-refractivity contribution in [2.24, 2.45) is 11.3 Å². The van der Waals surface area contributed by atoms with E-state index in [0.29, 0.717) is 11.1 Å². The fourth-order valence-electron chi connectivity index (χ4n) is 4.39. The number of likely N-dealkylation sites (tertiary alicyclic amines) is 2. The molecule has 6 nitrogen and oxygen atoms in total. The highest BCUT2D eigenvalue weighted by molar-refractivity contribution is 5.92. The third-order valence-electron chi connectivity index (χ3n) is 5.96. The maximum absolute atomic E-state index is 12.6. The van der Waals surface area contributed by atoms with Crippen molar-refractivity contribution in [1.29, 1.82) is 0 Å². The van der Waals surface area contributed by atoms with Gasteiger partial charge in [0, 0.05) is 38.6 Å². The molecular formula is C18H26N4O2. The van der Waals surface area contributed by atoms with E-state index in [0.717, 1.165) is 51.7 Å². The third-order valence-corrected chi connectivity index (χ3v) is 5.96. The van der Waals surface area contributed by atoms with E-state index in [4.69, 9.17) is 4.74 Å². The van der Waals surface area contributed by atoms with Gasteiger partial charge in [-0.05, 0) is 50.1 Å². The Hall–Kier alpha value is -1.53. The van der Waals surface area contributed by atoms with Crippen LogP contribution in [0.4, 0.5) is 0 Å². The van der Waals surface area contributed by atoms with Crippen LogP contribution in [0.3, 0.4) is 0 Å². The largest absolute Gasteiger partial charge is 0.381 e. The molecule has 1 amide bonds. The summed E-state index contributed by atoms with van der Waals surface area (Å²) >= 11 is 0. The molecule has 4 heterocycles. The summed E-state index contributed by atoms with van der Waals surface area (Å²) in [4.78, 5) is 25.3. The molecule has 24 heavy (non-hydrogen) atoms. The van der Waals surface area contributed by atoms with Gasteiger partial charge in [-0.2, -0.15) is 0 Å². The van der Waals surface area contributed by atoms with Crippen molar-refractivity contribution in [1.82, 2.24) is 19.8 Å². The van der Waals surface area contributed by atoms with Crippen LogP contribution in [0.15, 0.2) is 18.6 Å². The summed E-state index contributed by atoms with van der Waals surface area (Å²) in [6.45, 7) is 7.09. The topological polar surface area (TPSA) is 58.6 Å². The first kappa shape index (κ1) is 16.0. The van der Waals surface area contributed by atoms with E-state index in [2.05, 4.69) is 14.9 Å². The smallest absolute Gasteiger partial charge is 0.274 e. The number of hydrogen-bond acceptors (Lipinski definition) is 5. The normalized spacial score (nSPS) is 27.0. The zero-order valence-corrected chi connectivity index (χ0v) is 14.2. The van der Waals surface area contributed by atoms with Crippen LogP contribution in [0.1, 0.15) is 36.2 Å². The maximum atomic E-state index is 12.6. The van der Waals surface area contributed by atoms with Crippen LogP contribution in [-0.4, -0.2) is 71.6 Å². The maximum Gasteiger partial charge on any atom is 0.274 e. The van der Waals surface area contributed by atoms with Crippen molar-refractivity contribution < 1.29 is 9.53 Å². The minimum absolute atomic E-state index is 0.0329. The Labute approximate surface area is 143 Å². The van der Waals surface area contributed by atoms with Crippen LogP contribution in [0, 0.1) is 11.3 Å². The van der Waals surface area contributed by atoms with Crippen molar-refractivity contribution in [2.75, 3.05) is 45.9 Å². The summed E-state index contributed by atoms with van der Waals surface area (Å²) in [6.07, 6.45) is 9.49. The van der Waals surface area contributed by atoms with Gasteiger partial charge in [0.2, 0.25) is 0 Å². The number of hydrogen-bond donors (Lipinski definition) is 0. The van der Waals surface area contributed by atoms with Crippen LogP contribution >= 0.6 is 0 Å². The summed E-state index contributed by atoms with van der Waals surface area (Å²) in [7, 11) is 0. The molecule has 0 aromatic carbocycles. The minimum Gasteiger partial charge on any atom is -0.381 e. The fourth-order valence-corrected chi connectivity index (χ4v) is 4.39. The summed E-state index contributed by atoms with van der Waals surface area (Å²) in [5, 5.41) is 0. The molecule has 1 unspecified atom stereocenters. The van der Waals surface area contributed by atoms with Crippen molar-refractivity contribution in [3.8, 4) is 0 Å². The first-order valence-electron chi connectivity index (χ1n) is 9.10. The van der Waals surface area contributed by atoms with Crippen molar-refractivity contribution >= 4 is 5.91 Å². The Kier molecular flexibility index (Phi) is 4.50. The lowest BCUT2D eigenvalue weighted by atomic mass is 9.77. The van der Waals surface area contributed by atoms with E-state index < -0.39 is 0 Å². The van der Waals surface area contributed by atoms with Crippen LogP contribution in [0.25, 0.3) is 0 Å². The van der Waals surface area contributed by atoms with Gasteiger partial charge in [-0.15, -0.1) is 0 Å². The van der Waals surface area contributed by atoms with Gasteiger partial charge in [-0.1, -0.05) is 0 Å². The number of rotatable bonds is 3. The molecule has 0 N–H and O–H groups in total. The number of carbonyl (C=O) groups is 1. The molecule has 0 radical (unpaired) electrons. The molecule has 1 aromatic rings. The summed E-state index contributed by atoms with van der Waals surface area (Å²) in [5.74, 6) is 0.753. The Balaban J connectivity index is 1.31. The van der Waals surface area contributed by atoms with Gasteiger partial charge in [0.15, 0.2) is 0 Å². The average Bonchev–Trinajstić information content (AvgIpc) is 3.28. The second kappa shape index (κ2) is 6.76. The molecule has 4 rings (SSSR count). The number of amides is 1. The summed E-state index contributed by atoms with van der Waals surface area (Å²) in [6, 6.07) is 0. The lowest BCUT2D eigenvalue weighted by Gasteiger charge is -2.40. The molecule has 3 aliphatic heterocycles. The predicted molar refractivity (Wildman–Crippen MR) is 89.6 cm³/mol. The van der Waals surface area contributed by atoms with Crippen LogP contribution in [-0.2, 0) is 4.74 Å². The molecule has 3 fully saturated rings. The molecule has 1 spiro atoms. The molecule has 1 aromatic heterocycles. The number of carbonyl (C=O) groups excluding carboxylic acids is 1. The van der Waals surface area contributed by atoms with E-state index in [1.807, 2.05) is 4.90 Å². The summed E-state index contributed by atoms with van der Waals surface area (Å²) in [5.41, 5.74) is 0.786. The van der Waals surface area contributed by atoms with Crippen LogP contribution in [0.2, 0.25) is 0 Å². The van der Waals surface area contributed by atoms with E-state index in [1.165, 1.54) is 25.8 Å². The van der Waals surface area contributed by atoms with Crippen LogP contribution < -0.4 is 0 Å². The van der Waals surface area contributed by atoms with Crippen molar-refractivity contribution in [3.63, 3.8) is 0 Å². The quantitative estimate of drug-likeness (QED) is 0.839. The Bertz CT molecular complexity index is 566. The van der Waals surface area contributed by atoms with Gasteiger partial charge in [-0.25, -0.2) is 4.98 Å². The first-order chi connectivity index (χ1) is 11.7. The second-order valence-electron chi connectivity index (χ2n) is 7.60. The molecule has 6 heteroatoms. The van der Waals surface area contributed by atoms with Crippen molar-refractivity contribution in [2.45, 2.75) is 25.7 Å². The minimum atomic E-state index is 0.0329. The van der Waals surface area contributed by atoms with Gasteiger partial charge >= 0.3 is 0 Å². The Morgan fingerprint density at radius 1 is 1.25 bits per heavy atom. The molecule has 0 bridgehead atoms. The van der Waals surface area contributed by atoms with E-state index >= 15 is 0 Å². The zero-order chi connectivity index (χ0) is 16.4. The zero-order valence-electron chi connectivity index (χ0n) is 14.2. The van der Waals surface area contributed by atoms with Gasteiger partial charge in [0.1, 0.15) is 5.69 Å². The predicted octanol–water partition coefficient (Wildman–Crippen LogP) is 1.44. The highest BCUT2D eigenvalue weighted by atomic mass is 16.5. The Morgan fingerprint density at radius 2 is 2.08 bits per heavy atom. The fraction of sp³-hybridized carbons (Fsp3) is 0.722. The van der Waals surface area contributed by atoms with Crippen molar-refractivity contribution in [3.05, 3.63) is 24.3 Å².